The van der Waals surface area contributed by atoms with Gasteiger partial charge in [0.2, 0.25) is 0 Å². The number of hydrogen-bond acceptors (Lipinski definition) is 4. The van der Waals surface area contributed by atoms with E-state index in [0.717, 1.165) is 18.0 Å². The summed E-state index contributed by atoms with van der Waals surface area (Å²) < 4.78 is 18.0. The van der Waals surface area contributed by atoms with Gasteiger partial charge in [-0.15, -0.1) is 0 Å². The van der Waals surface area contributed by atoms with Crippen LogP contribution in [0.1, 0.15) is 39.7 Å². The summed E-state index contributed by atoms with van der Waals surface area (Å²) in [6, 6.07) is 10.6. The molecule has 1 aromatic carbocycles. The van der Waals surface area contributed by atoms with Gasteiger partial charge < -0.3 is 19.0 Å². The first-order valence-corrected chi connectivity index (χ1v) is 9.25. The van der Waals surface area contributed by atoms with Crippen LogP contribution in [0.25, 0.3) is 0 Å². The standard InChI is InChI=1S/C15H27NO3Si/c1-5-13-20(17-6-2,18-7-3)19-15(4,16)14-11-9-8-10-12-14/h8-12H,5-7,13,16H2,1-4H3. The fourth-order valence-electron chi connectivity index (χ4n) is 2.19. The summed E-state index contributed by atoms with van der Waals surface area (Å²) in [5.74, 6) is 0. The third kappa shape index (κ3) is 4.68. The highest BCUT2D eigenvalue weighted by Gasteiger charge is 2.45. The minimum atomic E-state index is -2.74. The van der Waals surface area contributed by atoms with E-state index in [2.05, 4.69) is 6.92 Å². The minimum absolute atomic E-state index is 0.567. The highest BCUT2D eigenvalue weighted by atomic mass is 28.4. The van der Waals surface area contributed by atoms with Gasteiger partial charge in [0, 0.05) is 19.3 Å². The molecule has 1 aromatic rings. The smallest absolute Gasteiger partial charge is 0.374 e. The van der Waals surface area contributed by atoms with Gasteiger partial charge in [0.15, 0.2) is 0 Å². The van der Waals surface area contributed by atoms with Gasteiger partial charge in [-0.3, -0.25) is 0 Å². The van der Waals surface area contributed by atoms with Gasteiger partial charge in [0.1, 0.15) is 5.72 Å². The fraction of sp³-hybridized carbons (Fsp3) is 0.600. The summed E-state index contributed by atoms with van der Waals surface area (Å²) in [4.78, 5) is 0. The number of hydrogen-bond donors (Lipinski definition) is 1. The van der Waals surface area contributed by atoms with Crippen molar-refractivity contribution >= 4 is 8.80 Å². The second kappa shape index (κ2) is 7.90. The van der Waals surface area contributed by atoms with Gasteiger partial charge >= 0.3 is 8.80 Å². The molecule has 0 fully saturated rings. The van der Waals surface area contributed by atoms with Crippen LogP contribution in [-0.2, 0) is 19.0 Å². The van der Waals surface area contributed by atoms with Crippen LogP contribution in [0.4, 0.5) is 0 Å². The van der Waals surface area contributed by atoms with Crippen LogP contribution >= 0.6 is 0 Å². The maximum atomic E-state index is 6.37. The summed E-state index contributed by atoms with van der Waals surface area (Å²) in [5, 5.41) is 0. The molecule has 0 aliphatic heterocycles. The molecule has 4 nitrogen and oxygen atoms in total. The van der Waals surface area contributed by atoms with E-state index in [1.807, 2.05) is 51.1 Å². The molecule has 1 unspecified atom stereocenters. The first kappa shape index (κ1) is 17.3. The Kier molecular flexibility index (Phi) is 6.85. The number of rotatable bonds is 9. The number of benzene rings is 1. The van der Waals surface area contributed by atoms with E-state index in [0.29, 0.717) is 13.2 Å². The second-order valence-electron chi connectivity index (χ2n) is 4.87. The van der Waals surface area contributed by atoms with Crippen molar-refractivity contribution in [2.45, 2.75) is 45.9 Å². The molecule has 0 heterocycles. The van der Waals surface area contributed by atoms with E-state index in [-0.39, 0.29) is 0 Å². The summed E-state index contributed by atoms with van der Waals surface area (Å²) >= 11 is 0. The third-order valence-corrected chi connectivity index (χ3v) is 6.30. The molecular formula is C15H27NO3Si. The first-order chi connectivity index (χ1) is 9.49. The normalized spacial score (nSPS) is 15.1. The Hall–Kier alpha value is -0.723. The van der Waals surface area contributed by atoms with E-state index >= 15 is 0 Å². The summed E-state index contributed by atoms with van der Waals surface area (Å²) in [7, 11) is -2.74. The molecule has 0 aliphatic rings. The van der Waals surface area contributed by atoms with E-state index < -0.39 is 14.5 Å². The Bertz CT molecular complexity index is 367. The molecule has 20 heavy (non-hydrogen) atoms. The lowest BCUT2D eigenvalue weighted by atomic mass is 10.1. The first-order valence-electron chi connectivity index (χ1n) is 7.32. The van der Waals surface area contributed by atoms with Crippen LogP contribution in [0, 0.1) is 0 Å². The van der Waals surface area contributed by atoms with E-state index in [4.69, 9.17) is 19.0 Å². The van der Waals surface area contributed by atoms with Crippen LogP contribution < -0.4 is 5.73 Å². The molecule has 0 bridgehead atoms. The van der Waals surface area contributed by atoms with Crippen LogP contribution in [0.2, 0.25) is 6.04 Å². The number of nitrogens with two attached hydrogens (primary N) is 1. The highest BCUT2D eigenvalue weighted by Crippen LogP contribution is 2.28. The second-order valence-corrected chi connectivity index (χ2v) is 7.52. The van der Waals surface area contributed by atoms with Gasteiger partial charge in [-0.05, 0) is 26.3 Å². The van der Waals surface area contributed by atoms with Crippen molar-refractivity contribution in [1.82, 2.24) is 0 Å². The summed E-state index contributed by atoms with van der Waals surface area (Å²) in [6.07, 6.45) is 0.942. The van der Waals surface area contributed by atoms with Crippen LogP contribution in [0.5, 0.6) is 0 Å². The zero-order valence-corrected chi connectivity index (χ0v) is 14.0. The van der Waals surface area contributed by atoms with E-state index in [1.54, 1.807) is 0 Å². The third-order valence-electron chi connectivity index (χ3n) is 3.00. The van der Waals surface area contributed by atoms with Crippen LogP contribution in [0.15, 0.2) is 30.3 Å². The lowest BCUT2D eigenvalue weighted by Crippen LogP contribution is -2.54. The Labute approximate surface area is 123 Å². The predicted octanol–water partition coefficient (Wildman–Crippen LogP) is 3.26. The van der Waals surface area contributed by atoms with Gasteiger partial charge in [0.25, 0.3) is 0 Å². The molecule has 0 spiro atoms. The Balaban J connectivity index is 2.97. The molecule has 2 N–H and O–H groups in total. The van der Waals surface area contributed by atoms with Crippen LogP contribution in [0.3, 0.4) is 0 Å². The molecule has 0 aliphatic carbocycles. The highest BCUT2D eigenvalue weighted by molar-refractivity contribution is 6.60. The fourth-order valence-corrected chi connectivity index (χ4v) is 5.04. The molecule has 5 heteroatoms. The van der Waals surface area contributed by atoms with Gasteiger partial charge in [0.05, 0.1) is 0 Å². The van der Waals surface area contributed by atoms with Crippen molar-refractivity contribution < 1.29 is 13.3 Å². The average molecular weight is 297 g/mol. The maximum absolute atomic E-state index is 6.37. The molecule has 1 atom stereocenters. The lowest BCUT2D eigenvalue weighted by Gasteiger charge is -2.37. The zero-order valence-electron chi connectivity index (χ0n) is 13.0. The average Bonchev–Trinajstić information content (AvgIpc) is 2.40. The largest absolute Gasteiger partial charge is 0.502 e. The molecule has 114 valence electrons. The Morgan fingerprint density at radius 2 is 1.60 bits per heavy atom. The molecule has 1 rings (SSSR count). The predicted molar refractivity (Wildman–Crippen MR) is 83.2 cm³/mol. The Morgan fingerprint density at radius 3 is 2.05 bits per heavy atom. The Morgan fingerprint density at radius 1 is 1.05 bits per heavy atom. The zero-order chi connectivity index (χ0) is 15.1. The maximum Gasteiger partial charge on any atom is 0.502 e. The van der Waals surface area contributed by atoms with E-state index in [1.165, 1.54) is 0 Å². The SMILES string of the molecule is CCC[Si](OCC)(OCC)OC(C)(N)c1ccccc1. The molecule has 0 aromatic heterocycles. The summed E-state index contributed by atoms with van der Waals surface area (Å²) in [5.41, 5.74) is 6.38. The van der Waals surface area contributed by atoms with Crippen molar-refractivity contribution in [3.8, 4) is 0 Å². The molecule has 0 radical (unpaired) electrons. The molecule has 0 amide bonds. The van der Waals surface area contributed by atoms with Crippen molar-refractivity contribution in [1.29, 1.82) is 0 Å². The van der Waals surface area contributed by atoms with E-state index in [9.17, 15) is 0 Å². The van der Waals surface area contributed by atoms with Crippen molar-refractivity contribution in [3.63, 3.8) is 0 Å². The monoisotopic (exact) mass is 297 g/mol. The summed E-state index contributed by atoms with van der Waals surface area (Å²) in [6.45, 7) is 9.00. The molecule has 0 saturated carbocycles. The molecular weight excluding hydrogens is 270 g/mol. The minimum Gasteiger partial charge on any atom is -0.374 e. The van der Waals surface area contributed by atoms with Gasteiger partial charge in [-0.25, -0.2) is 0 Å². The van der Waals surface area contributed by atoms with Crippen LogP contribution in [-0.4, -0.2) is 22.0 Å². The van der Waals surface area contributed by atoms with Crippen molar-refractivity contribution in [3.05, 3.63) is 35.9 Å². The lowest BCUT2D eigenvalue weighted by molar-refractivity contribution is -0.0201. The van der Waals surface area contributed by atoms with Crippen molar-refractivity contribution in [2.75, 3.05) is 13.2 Å². The topological polar surface area (TPSA) is 53.7 Å². The van der Waals surface area contributed by atoms with Gasteiger partial charge in [-0.1, -0.05) is 43.7 Å². The molecule has 0 saturated heterocycles. The quantitative estimate of drug-likeness (QED) is 0.561. The van der Waals surface area contributed by atoms with Crippen molar-refractivity contribution in [2.24, 2.45) is 5.73 Å². The van der Waals surface area contributed by atoms with Gasteiger partial charge in [-0.2, -0.15) is 0 Å².